The fourth-order valence-corrected chi connectivity index (χ4v) is 3.73. The summed E-state index contributed by atoms with van der Waals surface area (Å²) in [5, 5.41) is 0. The standard InChI is InChI=1S/C14H18Br2O/c1-4-14(3)12(16)8-13(14)17-11-6-5-10(15)7-9(11)2/h5-7,12-13H,4,8H2,1-3H3. The van der Waals surface area contributed by atoms with Crippen LogP contribution in [0.15, 0.2) is 22.7 Å². The molecule has 1 saturated carbocycles. The van der Waals surface area contributed by atoms with Gasteiger partial charge in [0.2, 0.25) is 0 Å². The summed E-state index contributed by atoms with van der Waals surface area (Å²) in [5.74, 6) is 1.01. The number of rotatable bonds is 3. The topological polar surface area (TPSA) is 9.23 Å². The second kappa shape index (κ2) is 4.93. The average molecular weight is 362 g/mol. The van der Waals surface area contributed by atoms with Crippen LogP contribution < -0.4 is 4.74 Å². The van der Waals surface area contributed by atoms with Crippen LogP contribution in [0.2, 0.25) is 0 Å². The number of hydrogen-bond donors (Lipinski definition) is 0. The Balaban J connectivity index is 2.12. The van der Waals surface area contributed by atoms with Crippen molar-refractivity contribution in [3.05, 3.63) is 28.2 Å². The minimum Gasteiger partial charge on any atom is -0.490 e. The third-order valence-electron chi connectivity index (χ3n) is 4.04. The highest BCUT2D eigenvalue weighted by molar-refractivity contribution is 9.10. The molecule has 1 fully saturated rings. The van der Waals surface area contributed by atoms with E-state index >= 15 is 0 Å². The Hall–Kier alpha value is -0.0200. The van der Waals surface area contributed by atoms with E-state index in [-0.39, 0.29) is 5.41 Å². The van der Waals surface area contributed by atoms with Gasteiger partial charge in [-0.1, -0.05) is 45.7 Å². The summed E-state index contributed by atoms with van der Waals surface area (Å²) in [7, 11) is 0. The lowest BCUT2D eigenvalue weighted by molar-refractivity contribution is -0.0247. The Bertz CT molecular complexity index is 419. The van der Waals surface area contributed by atoms with Crippen molar-refractivity contribution < 1.29 is 4.74 Å². The molecule has 0 aromatic heterocycles. The maximum atomic E-state index is 6.16. The van der Waals surface area contributed by atoms with Crippen LogP contribution in [0.4, 0.5) is 0 Å². The first kappa shape index (κ1) is 13.4. The van der Waals surface area contributed by atoms with Crippen LogP contribution in [-0.2, 0) is 0 Å². The number of aryl methyl sites for hydroxylation is 1. The summed E-state index contributed by atoms with van der Waals surface area (Å²) in [6, 6.07) is 6.19. The molecule has 0 heterocycles. The van der Waals surface area contributed by atoms with E-state index in [0.717, 1.165) is 23.1 Å². The van der Waals surface area contributed by atoms with Gasteiger partial charge in [-0.15, -0.1) is 0 Å². The van der Waals surface area contributed by atoms with Crippen molar-refractivity contribution in [2.45, 2.75) is 44.5 Å². The predicted molar refractivity (Wildman–Crippen MR) is 79.0 cm³/mol. The molecule has 0 amide bonds. The highest BCUT2D eigenvalue weighted by Gasteiger charge is 2.50. The minimum atomic E-state index is 0.263. The summed E-state index contributed by atoms with van der Waals surface area (Å²) in [4.78, 5) is 0.584. The first-order valence-corrected chi connectivity index (χ1v) is 7.75. The molecule has 94 valence electrons. The van der Waals surface area contributed by atoms with Gasteiger partial charge in [0, 0.05) is 14.7 Å². The molecule has 0 bridgehead atoms. The van der Waals surface area contributed by atoms with E-state index in [1.165, 1.54) is 5.56 Å². The number of benzene rings is 1. The number of alkyl halides is 1. The van der Waals surface area contributed by atoms with Crippen molar-refractivity contribution in [1.82, 2.24) is 0 Å². The molecular weight excluding hydrogens is 344 g/mol. The zero-order chi connectivity index (χ0) is 12.6. The SMILES string of the molecule is CCC1(C)C(Br)CC1Oc1ccc(Br)cc1C. The minimum absolute atomic E-state index is 0.263. The summed E-state index contributed by atoms with van der Waals surface area (Å²) < 4.78 is 7.27. The molecule has 0 aliphatic heterocycles. The molecule has 1 aliphatic rings. The smallest absolute Gasteiger partial charge is 0.122 e. The van der Waals surface area contributed by atoms with Gasteiger partial charge in [0.1, 0.15) is 11.9 Å². The van der Waals surface area contributed by atoms with Gasteiger partial charge in [-0.05, 0) is 43.5 Å². The second-order valence-electron chi connectivity index (χ2n) is 5.08. The van der Waals surface area contributed by atoms with E-state index in [0.29, 0.717) is 10.9 Å². The molecular formula is C14H18Br2O. The number of halogens is 2. The van der Waals surface area contributed by atoms with Crippen molar-refractivity contribution in [3.8, 4) is 5.75 Å². The van der Waals surface area contributed by atoms with Crippen molar-refractivity contribution >= 4 is 31.9 Å². The number of hydrogen-bond acceptors (Lipinski definition) is 1. The molecule has 1 aromatic rings. The van der Waals surface area contributed by atoms with Crippen molar-refractivity contribution in [1.29, 1.82) is 0 Å². The van der Waals surface area contributed by atoms with Gasteiger partial charge < -0.3 is 4.74 Å². The Morgan fingerprint density at radius 1 is 1.47 bits per heavy atom. The average Bonchev–Trinajstić information content (AvgIpc) is 2.30. The third kappa shape index (κ3) is 2.41. The molecule has 2 rings (SSSR count). The van der Waals surface area contributed by atoms with Crippen LogP contribution in [0.5, 0.6) is 5.75 Å². The highest BCUT2D eigenvalue weighted by atomic mass is 79.9. The zero-order valence-corrected chi connectivity index (χ0v) is 13.6. The van der Waals surface area contributed by atoms with Gasteiger partial charge in [-0.2, -0.15) is 0 Å². The first-order chi connectivity index (χ1) is 7.97. The largest absolute Gasteiger partial charge is 0.490 e. The fraction of sp³-hybridized carbons (Fsp3) is 0.571. The Morgan fingerprint density at radius 3 is 2.71 bits per heavy atom. The van der Waals surface area contributed by atoms with Gasteiger partial charge in [0.25, 0.3) is 0 Å². The van der Waals surface area contributed by atoms with Crippen molar-refractivity contribution in [2.75, 3.05) is 0 Å². The molecule has 0 saturated heterocycles. The third-order valence-corrected chi connectivity index (χ3v) is 5.95. The van der Waals surface area contributed by atoms with E-state index in [1.54, 1.807) is 0 Å². The Kier molecular flexibility index (Phi) is 3.89. The lowest BCUT2D eigenvalue weighted by atomic mass is 9.65. The van der Waals surface area contributed by atoms with Crippen LogP contribution in [0.3, 0.4) is 0 Å². The van der Waals surface area contributed by atoms with Crippen LogP contribution in [0.25, 0.3) is 0 Å². The molecule has 0 N–H and O–H groups in total. The maximum absolute atomic E-state index is 6.16. The Morgan fingerprint density at radius 2 is 2.18 bits per heavy atom. The molecule has 1 aromatic carbocycles. The molecule has 1 nitrogen and oxygen atoms in total. The van der Waals surface area contributed by atoms with Gasteiger partial charge >= 0.3 is 0 Å². The van der Waals surface area contributed by atoms with Gasteiger partial charge in [0.15, 0.2) is 0 Å². The molecule has 0 radical (unpaired) electrons. The predicted octanol–water partition coefficient (Wildman–Crippen LogP) is 5.09. The van der Waals surface area contributed by atoms with Crippen molar-refractivity contribution in [2.24, 2.45) is 5.41 Å². The van der Waals surface area contributed by atoms with E-state index in [4.69, 9.17) is 4.74 Å². The van der Waals surface area contributed by atoms with Gasteiger partial charge in [0.05, 0.1) is 0 Å². The summed E-state index contributed by atoms with van der Waals surface area (Å²) >= 11 is 7.22. The summed E-state index contributed by atoms with van der Waals surface area (Å²) in [6.07, 6.45) is 2.57. The lowest BCUT2D eigenvalue weighted by Crippen LogP contribution is -2.54. The summed E-state index contributed by atoms with van der Waals surface area (Å²) in [5.41, 5.74) is 1.45. The molecule has 17 heavy (non-hydrogen) atoms. The fourth-order valence-electron chi connectivity index (χ4n) is 2.30. The first-order valence-electron chi connectivity index (χ1n) is 6.04. The van der Waals surface area contributed by atoms with Gasteiger partial charge in [-0.25, -0.2) is 0 Å². The van der Waals surface area contributed by atoms with Crippen LogP contribution in [-0.4, -0.2) is 10.9 Å². The van der Waals surface area contributed by atoms with Crippen LogP contribution in [0, 0.1) is 12.3 Å². The normalized spacial score (nSPS) is 32.1. The molecule has 1 aliphatic carbocycles. The zero-order valence-electron chi connectivity index (χ0n) is 10.5. The molecule has 3 unspecified atom stereocenters. The van der Waals surface area contributed by atoms with Crippen LogP contribution >= 0.6 is 31.9 Å². The maximum Gasteiger partial charge on any atom is 0.122 e. The van der Waals surface area contributed by atoms with Crippen molar-refractivity contribution in [3.63, 3.8) is 0 Å². The van der Waals surface area contributed by atoms with Crippen LogP contribution in [0.1, 0.15) is 32.3 Å². The molecule has 3 heteroatoms. The quantitative estimate of drug-likeness (QED) is 0.681. The highest BCUT2D eigenvalue weighted by Crippen LogP contribution is 2.50. The monoisotopic (exact) mass is 360 g/mol. The summed E-state index contributed by atoms with van der Waals surface area (Å²) in [6.45, 7) is 6.63. The van der Waals surface area contributed by atoms with E-state index in [9.17, 15) is 0 Å². The van der Waals surface area contributed by atoms with E-state index < -0.39 is 0 Å². The lowest BCUT2D eigenvalue weighted by Gasteiger charge is -2.50. The Labute approximate surface area is 120 Å². The molecule has 0 spiro atoms. The number of ether oxygens (including phenoxy) is 1. The van der Waals surface area contributed by atoms with E-state index in [1.807, 2.05) is 6.07 Å². The second-order valence-corrected chi connectivity index (χ2v) is 7.10. The van der Waals surface area contributed by atoms with Gasteiger partial charge in [-0.3, -0.25) is 0 Å². The molecule has 3 atom stereocenters. The van der Waals surface area contributed by atoms with E-state index in [2.05, 4.69) is 64.8 Å².